The van der Waals surface area contributed by atoms with Gasteiger partial charge in [0.15, 0.2) is 0 Å². The van der Waals surface area contributed by atoms with Gasteiger partial charge in [0.1, 0.15) is 11.2 Å². The second kappa shape index (κ2) is 5.82. The monoisotopic (exact) mass is 347 g/mol. The van der Waals surface area contributed by atoms with Crippen LogP contribution in [0, 0.1) is 0 Å². The quantitative estimate of drug-likeness (QED) is 0.871. The Labute approximate surface area is 144 Å². The molecule has 1 amide bonds. The fraction of sp³-hybridized carbons (Fsp3) is 0.353. The van der Waals surface area contributed by atoms with Crippen molar-refractivity contribution in [3.63, 3.8) is 0 Å². The molecule has 0 saturated heterocycles. The van der Waals surface area contributed by atoms with Crippen LogP contribution in [0.3, 0.4) is 0 Å². The molecule has 23 heavy (non-hydrogen) atoms. The molecule has 4 nitrogen and oxygen atoms in total. The van der Waals surface area contributed by atoms with Crippen molar-refractivity contribution in [3.05, 3.63) is 50.9 Å². The molecule has 0 radical (unpaired) electrons. The first-order valence-corrected chi connectivity index (χ1v) is 9.05. The van der Waals surface area contributed by atoms with Crippen LogP contribution < -0.4 is 10.6 Å². The van der Waals surface area contributed by atoms with Gasteiger partial charge in [-0.05, 0) is 36.2 Å². The molecule has 0 bridgehead atoms. The van der Waals surface area contributed by atoms with Gasteiger partial charge in [0.25, 0.3) is 5.91 Å². The summed E-state index contributed by atoms with van der Waals surface area (Å²) in [5.41, 5.74) is 3.04. The lowest BCUT2D eigenvalue weighted by Gasteiger charge is -2.28. The van der Waals surface area contributed by atoms with Crippen molar-refractivity contribution < 1.29 is 4.79 Å². The van der Waals surface area contributed by atoms with E-state index in [9.17, 15) is 4.79 Å². The number of carbonyl (C=O) groups excluding carboxylic acids is 1. The summed E-state index contributed by atoms with van der Waals surface area (Å²) < 4.78 is 0. The first-order valence-electron chi connectivity index (χ1n) is 7.85. The molecular weight excluding hydrogens is 330 g/mol. The van der Waals surface area contributed by atoms with Gasteiger partial charge in [-0.15, -0.1) is 11.3 Å². The summed E-state index contributed by atoms with van der Waals surface area (Å²) in [6.45, 7) is 5.20. The standard InChI is InChI=1S/C17H18ClN3OS/c1-2-21-7-6-12-13(9-21)23-17-14(12)16(22)19-15(20-17)10-4-3-5-11(18)8-10/h3-5,8,15,20H,2,6-7,9H2,1H3,(H,19,22). The average molecular weight is 348 g/mol. The molecule has 1 unspecified atom stereocenters. The van der Waals surface area contributed by atoms with Crippen LogP contribution in [0.5, 0.6) is 0 Å². The van der Waals surface area contributed by atoms with E-state index in [2.05, 4.69) is 22.5 Å². The van der Waals surface area contributed by atoms with Crippen LogP contribution >= 0.6 is 22.9 Å². The predicted octanol–water partition coefficient (Wildman–Crippen LogP) is 3.63. The molecule has 4 rings (SSSR count). The van der Waals surface area contributed by atoms with E-state index in [1.807, 2.05) is 24.3 Å². The molecular formula is C17H18ClN3OS. The van der Waals surface area contributed by atoms with Crippen LogP contribution in [0.1, 0.15) is 39.5 Å². The van der Waals surface area contributed by atoms with E-state index in [4.69, 9.17) is 11.6 Å². The van der Waals surface area contributed by atoms with Gasteiger partial charge in [-0.2, -0.15) is 0 Å². The van der Waals surface area contributed by atoms with Crippen LogP contribution in [0.25, 0.3) is 0 Å². The Morgan fingerprint density at radius 1 is 1.39 bits per heavy atom. The lowest BCUT2D eigenvalue weighted by atomic mass is 10.0. The summed E-state index contributed by atoms with van der Waals surface area (Å²) in [7, 11) is 0. The van der Waals surface area contributed by atoms with Crippen LogP contribution in [0.4, 0.5) is 5.00 Å². The number of nitrogens with zero attached hydrogens (tertiary/aromatic N) is 1. The molecule has 120 valence electrons. The molecule has 0 spiro atoms. The zero-order valence-corrected chi connectivity index (χ0v) is 14.4. The molecule has 3 heterocycles. The van der Waals surface area contributed by atoms with Gasteiger partial charge in [0.05, 0.1) is 5.56 Å². The van der Waals surface area contributed by atoms with Crippen molar-refractivity contribution in [2.75, 3.05) is 18.4 Å². The van der Waals surface area contributed by atoms with Crippen molar-refractivity contribution in [1.82, 2.24) is 10.2 Å². The Bertz CT molecular complexity index is 773. The van der Waals surface area contributed by atoms with Crippen LogP contribution in [0.15, 0.2) is 24.3 Å². The van der Waals surface area contributed by atoms with E-state index in [0.717, 1.165) is 42.2 Å². The van der Waals surface area contributed by atoms with Crippen molar-refractivity contribution in [2.24, 2.45) is 0 Å². The summed E-state index contributed by atoms with van der Waals surface area (Å²) in [5, 5.41) is 8.19. The molecule has 0 aliphatic carbocycles. The van der Waals surface area contributed by atoms with Gasteiger partial charge in [-0.1, -0.05) is 30.7 Å². The molecule has 0 saturated carbocycles. The van der Waals surface area contributed by atoms with Gasteiger partial charge >= 0.3 is 0 Å². The molecule has 6 heteroatoms. The number of rotatable bonds is 2. The SMILES string of the molecule is CCN1CCc2c(sc3c2C(=O)NC(c2cccc(Cl)c2)N3)C1. The van der Waals surface area contributed by atoms with E-state index in [1.165, 1.54) is 10.4 Å². The Kier molecular flexibility index (Phi) is 3.79. The van der Waals surface area contributed by atoms with Gasteiger partial charge in [-0.25, -0.2) is 0 Å². The first-order chi connectivity index (χ1) is 11.2. The third-order valence-corrected chi connectivity index (χ3v) is 5.93. The smallest absolute Gasteiger partial charge is 0.256 e. The molecule has 0 fully saturated rings. The minimum Gasteiger partial charge on any atom is -0.353 e. The fourth-order valence-electron chi connectivity index (χ4n) is 3.29. The van der Waals surface area contributed by atoms with Gasteiger partial charge in [0, 0.05) is 23.0 Å². The summed E-state index contributed by atoms with van der Waals surface area (Å²) in [6, 6.07) is 7.60. The second-order valence-electron chi connectivity index (χ2n) is 5.93. The Morgan fingerprint density at radius 3 is 3.04 bits per heavy atom. The first kappa shape index (κ1) is 15.0. The van der Waals surface area contributed by atoms with Crippen molar-refractivity contribution >= 4 is 33.8 Å². The number of carbonyl (C=O) groups is 1. The summed E-state index contributed by atoms with van der Waals surface area (Å²) in [4.78, 5) is 16.4. The maximum atomic E-state index is 12.6. The van der Waals surface area contributed by atoms with Crippen LogP contribution in [0.2, 0.25) is 5.02 Å². The number of nitrogens with one attached hydrogen (secondary N) is 2. The number of hydrogen-bond acceptors (Lipinski definition) is 4. The normalized spacial score (nSPS) is 20.4. The van der Waals surface area contributed by atoms with Crippen molar-refractivity contribution in [2.45, 2.75) is 26.1 Å². The Hall–Kier alpha value is -1.56. The Morgan fingerprint density at radius 2 is 2.26 bits per heavy atom. The molecule has 1 aromatic heterocycles. The van der Waals surface area contributed by atoms with Gasteiger partial charge in [-0.3, -0.25) is 9.69 Å². The zero-order chi connectivity index (χ0) is 16.0. The predicted molar refractivity (Wildman–Crippen MR) is 94.3 cm³/mol. The highest BCUT2D eigenvalue weighted by atomic mass is 35.5. The number of halogens is 1. The van der Waals surface area contributed by atoms with E-state index in [0.29, 0.717) is 5.02 Å². The maximum absolute atomic E-state index is 12.6. The van der Waals surface area contributed by atoms with Crippen LogP contribution in [-0.2, 0) is 13.0 Å². The molecule has 2 aliphatic rings. The summed E-state index contributed by atoms with van der Waals surface area (Å²) in [5.74, 6) is 0.0196. The van der Waals surface area contributed by atoms with Gasteiger partial charge < -0.3 is 10.6 Å². The molecule has 2 N–H and O–H groups in total. The minimum atomic E-state index is -0.226. The number of thiophene rings is 1. The molecule has 1 atom stereocenters. The highest BCUT2D eigenvalue weighted by molar-refractivity contribution is 7.16. The molecule has 1 aromatic carbocycles. The van der Waals surface area contributed by atoms with Crippen LogP contribution in [-0.4, -0.2) is 23.9 Å². The fourth-order valence-corrected chi connectivity index (χ4v) is 4.81. The van der Waals surface area contributed by atoms with E-state index in [-0.39, 0.29) is 12.1 Å². The topological polar surface area (TPSA) is 44.4 Å². The summed E-state index contributed by atoms with van der Waals surface area (Å²) >= 11 is 7.79. The average Bonchev–Trinajstić information content (AvgIpc) is 2.92. The van der Waals surface area contributed by atoms with E-state index >= 15 is 0 Å². The largest absolute Gasteiger partial charge is 0.353 e. The zero-order valence-electron chi connectivity index (χ0n) is 12.9. The summed E-state index contributed by atoms with van der Waals surface area (Å²) in [6.07, 6.45) is 0.724. The third kappa shape index (κ3) is 2.63. The van der Waals surface area contributed by atoms with Crippen molar-refractivity contribution in [3.8, 4) is 0 Å². The lowest BCUT2D eigenvalue weighted by molar-refractivity contribution is 0.0934. The van der Waals surface area contributed by atoms with Gasteiger partial charge in [0.2, 0.25) is 0 Å². The number of hydrogen-bond donors (Lipinski definition) is 2. The number of fused-ring (bicyclic) bond motifs is 3. The highest BCUT2D eigenvalue weighted by Gasteiger charge is 2.33. The number of benzene rings is 1. The number of anilines is 1. The minimum absolute atomic E-state index is 0.0196. The number of amides is 1. The molecule has 2 aliphatic heterocycles. The third-order valence-electron chi connectivity index (χ3n) is 4.54. The molecule has 2 aromatic rings. The Balaban J connectivity index is 1.68. The maximum Gasteiger partial charge on any atom is 0.256 e. The lowest BCUT2D eigenvalue weighted by Crippen LogP contribution is -2.38. The highest BCUT2D eigenvalue weighted by Crippen LogP contribution is 2.40. The van der Waals surface area contributed by atoms with E-state index < -0.39 is 0 Å². The number of likely N-dealkylation sites (N-methyl/N-ethyl adjacent to an activating group) is 1. The van der Waals surface area contributed by atoms with Crippen molar-refractivity contribution in [1.29, 1.82) is 0 Å². The van der Waals surface area contributed by atoms with E-state index in [1.54, 1.807) is 11.3 Å². The second-order valence-corrected chi connectivity index (χ2v) is 7.47.